The summed E-state index contributed by atoms with van der Waals surface area (Å²) in [5, 5.41) is 5.00. The zero-order valence-corrected chi connectivity index (χ0v) is 30.4. The van der Waals surface area contributed by atoms with Crippen LogP contribution in [-0.4, -0.2) is 0 Å². The van der Waals surface area contributed by atoms with Crippen molar-refractivity contribution in [2.24, 2.45) is 0 Å². The molecule has 254 valence electrons. The van der Waals surface area contributed by atoms with E-state index in [2.05, 4.69) is 217 Å². The summed E-state index contributed by atoms with van der Waals surface area (Å²) in [4.78, 5) is 2.52. The van der Waals surface area contributed by atoms with Crippen LogP contribution in [0, 0.1) is 0 Å². The summed E-state index contributed by atoms with van der Waals surface area (Å²) in [6.07, 6.45) is 0. The van der Waals surface area contributed by atoms with Crippen LogP contribution in [0.25, 0.3) is 75.5 Å². The molecule has 54 heavy (non-hydrogen) atoms. The van der Waals surface area contributed by atoms with E-state index in [4.69, 9.17) is 0 Å². The van der Waals surface area contributed by atoms with Crippen LogP contribution in [0.3, 0.4) is 0 Å². The van der Waals surface area contributed by atoms with Crippen molar-refractivity contribution in [3.05, 3.63) is 212 Å². The highest BCUT2D eigenvalue weighted by atomic mass is 32.1. The molecule has 1 heterocycles. The first-order valence-electron chi connectivity index (χ1n) is 18.4. The van der Waals surface area contributed by atoms with Crippen LogP contribution in [0.4, 0.5) is 17.1 Å². The molecular weight excluding hydrogens is 671 g/mol. The lowest BCUT2D eigenvalue weighted by atomic mass is 9.87. The van der Waals surface area contributed by atoms with Gasteiger partial charge in [-0.05, 0) is 57.5 Å². The first kappa shape index (κ1) is 32.0. The first-order chi connectivity index (χ1) is 26.8. The van der Waals surface area contributed by atoms with Gasteiger partial charge in [-0.3, -0.25) is 0 Å². The lowest BCUT2D eigenvalue weighted by molar-refractivity contribution is 1.30. The van der Waals surface area contributed by atoms with E-state index in [1.54, 1.807) is 0 Å². The van der Waals surface area contributed by atoms with Crippen molar-refractivity contribution >= 4 is 59.3 Å². The minimum Gasteiger partial charge on any atom is -0.309 e. The number of fused-ring (bicyclic) bond motifs is 4. The third kappa shape index (κ3) is 5.47. The van der Waals surface area contributed by atoms with E-state index in [1.807, 2.05) is 11.3 Å². The molecule has 9 aromatic carbocycles. The Hall–Kier alpha value is -6.74. The van der Waals surface area contributed by atoms with Gasteiger partial charge in [0.05, 0.1) is 17.1 Å². The maximum Gasteiger partial charge on any atom is 0.0547 e. The Balaban J connectivity index is 1.33. The van der Waals surface area contributed by atoms with Gasteiger partial charge in [0, 0.05) is 42.2 Å². The summed E-state index contributed by atoms with van der Waals surface area (Å²) in [5.41, 5.74) is 12.9. The van der Waals surface area contributed by atoms with Crippen molar-refractivity contribution in [2.45, 2.75) is 0 Å². The molecule has 0 spiro atoms. The molecular formula is C52H35NS. The number of rotatable bonds is 7. The van der Waals surface area contributed by atoms with Crippen LogP contribution in [0.15, 0.2) is 212 Å². The number of hydrogen-bond acceptors (Lipinski definition) is 2. The van der Waals surface area contributed by atoms with E-state index in [-0.39, 0.29) is 0 Å². The molecule has 0 fully saturated rings. The molecule has 0 saturated carbocycles. The maximum absolute atomic E-state index is 2.52. The normalized spacial score (nSPS) is 11.3. The SMILES string of the molecule is c1ccc(-c2ccccc2-c2c(-c3ccccc3)cccc2N(c2ccccc2-c2cccc3c2sc2ccccc23)c2cccc3ccccc23)cc1. The van der Waals surface area contributed by atoms with E-state index in [9.17, 15) is 0 Å². The highest BCUT2D eigenvalue weighted by Gasteiger charge is 2.26. The predicted molar refractivity (Wildman–Crippen MR) is 233 cm³/mol. The number of benzene rings is 9. The molecule has 0 unspecified atom stereocenters. The highest BCUT2D eigenvalue weighted by molar-refractivity contribution is 7.26. The van der Waals surface area contributed by atoms with Gasteiger partial charge in [-0.2, -0.15) is 0 Å². The smallest absolute Gasteiger partial charge is 0.0547 e. The van der Waals surface area contributed by atoms with Crippen molar-refractivity contribution in [1.82, 2.24) is 0 Å². The van der Waals surface area contributed by atoms with E-state index in [0.717, 1.165) is 17.1 Å². The third-order valence-electron chi connectivity index (χ3n) is 10.5. The largest absolute Gasteiger partial charge is 0.309 e. The first-order valence-corrected chi connectivity index (χ1v) is 19.3. The molecule has 1 aromatic heterocycles. The summed E-state index contributed by atoms with van der Waals surface area (Å²) in [6, 6.07) is 77.2. The number of thiophene rings is 1. The molecule has 0 radical (unpaired) electrons. The molecule has 0 atom stereocenters. The highest BCUT2D eigenvalue weighted by Crippen LogP contribution is 2.52. The Morgan fingerprint density at radius 3 is 1.61 bits per heavy atom. The van der Waals surface area contributed by atoms with Gasteiger partial charge in [-0.15, -0.1) is 11.3 Å². The Bertz CT molecular complexity index is 2940. The number of para-hydroxylation sites is 1. The second-order valence-electron chi connectivity index (χ2n) is 13.6. The van der Waals surface area contributed by atoms with Crippen molar-refractivity contribution in [3.63, 3.8) is 0 Å². The van der Waals surface area contributed by atoms with Gasteiger partial charge in [-0.25, -0.2) is 0 Å². The second kappa shape index (κ2) is 13.7. The zero-order valence-electron chi connectivity index (χ0n) is 29.6. The Kier molecular flexibility index (Phi) is 8.09. The summed E-state index contributed by atoms with van der Waals surface area (Å²) in [5.74, 6) is 0. The molecule has 2 heteroatoms. The molecule has 0 saturated heterocycles. The fourth-order valence-electron chi connectivity index (χ4n) is 8.09. The predicted octanol–water partition coefficient (Wildman–Crippen LogP) is 15.3. The van der Waals surface area contributed by atoms with Crippen LogP contribution in [-0.2, 0) is 0 Å². The number of hydrogen-bond donors (Lipinski definition) is 0. The summed E-state index contributed by atoms with van der Waals surface area (Å²) in [6.45, 7) is 0. The fourth-order valence-corrected chi connectivity index (χ4v) is 9.32. The average Bonchev–Trinajstić information content (AvgIpc) is 3.64. The minimum absolute atomic E-state index is 1.12. The Morgan fingerprint density at radius 2 is 0.796 bits per heavy atom. The van der Waals surface area contributed by atoms with E-state index >= 15 is 0 Å². The van der Waals surface area contributed by atoms with E-state index < -0.39 is 0 Å². The Morgan fingerprint density at radius 1 is 0.296 bits per heavy atom. The van der Waals surface area contributed by atoms with Crippen molar-refractivity contribution in [3.8, 4) is 44.5 Å². The lowest BCUT2D eigenvalue weighted by Gasteiger charge is -2.32. The molecule has 0 bridgehead atoms. The standard InChI is InChI=1S/C52H35NS/c1-3-18-36(19-4-1)39-24-9-10-28-44(39)51-41(38-20-5-2-6-21-38)29-17-34-49(51)53(47-33-15-23-37-22-7-8-25-40(37)47)48-32-13-11-26-42(48)45-30-16-31-46-43-27-12-14-35-50(43)54-52(45)46/h1-35H. The third-order valence-corrected chi connectivity index (χ3v) is 11.7. The lowest BCUT2D eigenvalue weighted by Crippen LogP contribution is -2.13. The van der Waals surface area contributed by atoms with Crippen LogP contribution in [0.2, 0.25) is 0 Å². The van der Waals surface area contributed by atoms with Crippen LogP contribution < -0.4 is 4.90 Å². The van der Waals surface area contributed by atoms with Crippen LogP contribution in [0.5, 0.6) is 0 Å². The van der Waals surface area contributed by atoms with Gasteiger partial charge in [-0.1, -0.05) is 188 Å². The van der Waals surface area contributed by atoms with Gasteiger partial charge in [0.2, 0.25) is 0 Å². The van der Waals surface area contributed by atoms with Crippen LogP contribution >= 0.6 is 11.3 Å². The van der Waals surface area contributed by atoms with Gasteiger partial charge >= 0.3 is 0 Å². The van der Waals surface area contributed by atoms with Gasteiger partial charge in [0.1, 0.15) is 0 Å². The van der Waals surface area contributed by atoms with E-state index in [0.29, 0.717) is 0 Å². The quantitative estimate of drug-likeness (QED) is 0.160. The molecule has 0 aliphatic carbocycles. The number of nitrogens with zero attached hydrogens (tertiary/aromatic N) is 1. The summed E-state index contributed by atoms with van der Waals surface area (Å²) >= 11 is 1.88. The summed E-state index contributed by atoms with van der Waals surface area (Å²) in [7, 11) is 0. The molecule has 10 rings (SSSR count). The van der Waals surface area contributed by atoms with Gasteiger partial charge < -0.3 is 4.90 Å². The van der Waals surface area contributed by atoms with Crippen LogP contribution in [0.1, 0.15) is 0 Å². The van der Waals surface area contributed by atoms with Crippen molar-refractivity contribution in [1.29, 1.82) is 0 Å². The topological polar surface area (TPSA) is 3.24 Å². The number of anilines is 3. The summed E-state index contributed by atoms with van der Waals surface area (Å²) < 4.78 is 2.61. The van der Waals surface area contributed by atoms with E-state index in [1.165, 1.54) is 75.5 Å². The second-order valence-corrected chi connectivity index (χ2v) is 14.7. The van der Waals surface area contributed by atoms with Gasteiger partial charge in [0.15, 0.2) is 0 Å². The minimum atomic E-state index is 1.12. The molecule has 0 N–H and O–H groups in total. The average molecular weight is 706 g/mol. The maximum atomic E-state index is 2.52. The molecule has 0 aliphatic heterocycles. The molecule has 0 aliphatic rings. The van der Waals surface area contributed by atoms with Crippen molar-refractivity contribution in [2.75, 3.05) is 4.90 Å². The Labute approximate surface area is 319 Å². The van der Waals surface area contributed by atoms with Crippen molar-refractivity contribution < 1.29 is 0 Å². The zero-order chi connectivity index (χ0) is 35.8. The fraction of sp³-hybridized carbons (Fsp3) is 0. The molecule has 10 aromatic rings. The molecule has 0 amide bonds. The monoisotopic (exact) mass is 705 g/mol. The van der Waals surface area contributed by atoms with Gasteiger partial charge in [0.25, 0.3) is 0 Å². The molecule has 1 nitrogen and oxygen atoms in total.